The summed E-state index contributed by atoms with van der Waals surface area (Å²) in [5.74, 6) is 0.931. The fourth-order valence-corrected chi connectivity index (χ4v) is 5.53. The topological polar surface area (TPSA) is 62.1 Å². The van der Waals surface area contributed by atoms with Gasteiger partial charge in [0.15, 0.2) is 0 Å². The maximum Gasteiger partial charge on any atom is 0.143 e. The summed E-state index contributed by atoms with van der Waals surface area (Å²) in [6.45, 7) is 4.50. The summed E-state index contributed by atoms with van der Waals surface area (Å²) in [5.41, 5.74) is 9.06. The Balaban J connectivity index is 0.00000289. The van der Waals surface area contributed by atoms with Crippen LogP contribution in [0.15, 0.2) is 109 Å². The van der Waals surface area contributed by atoms with Gasteiger partial charge in [-0.1, -0.05) is 74.0 Å². The van der Waals surface area contributed by atoms with Crippen molar-refractivity contribution in [3.05, 3.63) is 127 Å². The van der Waals surface area contributed by atoms with Gasteiger partial charge in [-0.2, -0.15) is 0 Å². The first-order valence-corrected chi connectivity index (χ1v) is 12.9. The molecule has 1 aliphatic heterocycles. The molecule has 0 bridgehead atoms. The van der Waals surface area contributed by atoms with Crippen molar-refractivity contribution in [2.75, 3.05) is 4.90 Å². The van der Waals surface area contributed by atoms with Gasteiger partial charge in [0.1, 0.15) is 17.1 Å². The standard InChI is InChI=1S/C34H25N4O.Pt/c1-34(2)25-10-6-7-11-29(25)38(32-21-23(16-18-36-32)22-8-4-3-5-9-22)30-20-24(12-13-26(30)34)27-14-15-28-33(37-27)31(39)17-19-35-28;/h3-19,21H,1-2H3,(H,35,39);/q-1;. The predicted octanol–water partition coefficient (Wildman–Crippen LogP) is 7.97. The number of aromatic hydroxyl groups is 1. The zero-order valence-electron chi connectivity index (χ0n) is 21.9. The predicted molar refractivity (Wildman–Crippen MR) is 156 cm³/mol. The van der Waals surface area contributed by atoms with Crippen LogP contribution in [0.25, 0.3) is 33.4 Å². The number of hydrogen-bond donors (Lipinski definition) is 1. The van der Waals surface area contributed by atoms with Crippen molar-refractivity contribution < 1.29 is 26.2 Å². The molecule has 3 aromatic heterocycles. The average molecular weight is 701 g/mol. The Kier molecular flexibility index (Phi) is 6.48. The summed E-state index contributed by atoms with van der Waals surface area (Å²) in [5, 5.41) is 10.4. The number of hydrogen-bond acceptors (Lipinski definition) is 5. The molecule has 0 saturated heterocycles. The van der Waals surface area contributed by atoms with E-state index in [2.05, 4.69) is 84.4 Å². The Hall–Kier alpha value is -4.34. The molecule has 198 valence electrons. The van der Waals surface area contributed by atoms with Crippen LogP contribution >= 0.6 is 0 Å². The maximum atomic E-state index is 10.4. The number of nitrogens with zero attached hydrogens (tertiary/aromatic N) is 4. The van der Waals surface area contributed by atoms with E-state index in [1.165, 1.54) is 5.56 Å². The molecule has 0 spiro atoms. The minimum absolute atomic E-state index is 0. The Labute approximate surface area is 247 Å². The van der Waals surface area contributed by atoms with Crippen LogP contribution in [0.3, 0.4) is 0 Å². The molecule has 0 atom stereocenters. The van der Waals surface area contributed by atoms with E-state index in [0.717, 1.165) is 45.1 Å². The van der Waals surface area contributed by atoms with E-state index in [1.54, 1.807) is 12.3 Å². The van der Waals surface area contributed by atoms with Crippen molar-refractivity contribution in [2.45, 2.75) is 19.3 Å². The summed E-state index contributed by atoms with van der Waals surface area (Å²) in [6, 6.07) is 36.3. The molecule has 0 saturated carbocycles. The number of benzene rings is 3. The molecule has 0 aliphatic carbocycles. The van der Waals surface area contributed by atoms with Crippen molar-refractivity contribution in [3.8, 4) is 28.1 Å². The molecule has 7 rings (SSSR count). The van der Waals surface area contributed by atoms with Gasteiger partial charge in [-0.25, -0.2) is 4.98 Å². The first kappa shape index (κ1) is 25.9. The molecule has 4 heterocycles. The molecule has 0 unspecified atom stereocenters. The van der Waals surface area contributed by atoms with E-state index in [4.69, 9.17) is 9.97 Å². The Morgan fingerprint density at radius 1 is 0.750 bits per heavy atom. The van der Waals surface area contributed by atoms with Crippen LogP contribution in [0.4, 0.5) is 17.2 Å². The fourth-order valence-electron chi connectivity index (χ4n) is 5.53. The quantitative estimate of drug-likeness (QED) is 0.190. The first-order chi connectivity index (χ1) is 19.0. The molecule has 0 amide bonds. The minimum Gasteiger partial charge on any atom is -0.506 e. The van der Waals surface area contributed by atoms with E-state index >= 15 is 0 Å². The van der Waals surface area contributed by atoms with Gasteiger partial charge in [-0.3, -0.25) is 9.97 Å². The number of aromatic nitrogens is 3. The van der Waals surface area contributed by atoms with Crippen molar-refractivity contribution in [3.63, 3.8) is 0 Å². The van der Waals surface area contributed by atoms with Gasteiger partial charge in [-0.15, -0.1) is 23.8 Å². The summed E-state index contributed by atoms with van der Waals surface area (Å²) < 4.78 is 0. The van der Waals surface area contributed by atoms with Gasteiger partial charge in [0.25, 0.3) is 0 Å². The molecule has 6 aromatic rings. The summed E-state index contributed by atoms with van der Waals surface area (Å²) in [6.07, 6.45) is 3.45. The maximum absolute atomic E-state index is 10.4. The summed E-state index contributed by atoms with van der Waals surface area (Å²) in [4.78, 5) is 16.1. The number of rotatable bonds is 3. The second-order valence-corrected chi connectivity index (χ2v) is 10.3. The molecule has 40 heavy (non-hydrogen) atoms. The normalized spacial score (nSPS) is 13.3. The molecular formula is C34H25N4OPt-. The van der Waals surface area contributed by atoms with E-state index in [-0.39, 0.29) is 32.2 Å². The largest absolute Gasteiger partial charge is 0.506 e. The molecule has 0 fully saturated rings. The van der Waals surface area contributed by atoms with Gasteiger partial charge in [0.05, 0.1) is 5.52 Å². The molecule has 6 heteroatoms. The molecular weight excluding hydrogens is 675 g/mol. The van der Waals surface area contributed by atoms with E-state index in [0.29, 0.717) is 11.0 Å². The van der Waals surface area contributed by atoms with E-state index in [9.17, 15) is 5.11 Å². The van der Waals surface area contributed by atoms with Gasteiger partial charge in [0, 0.05) is 45.2 Å². The van der Waals surface area contributed by atoms with Crippen molar-refractivity contribution in [1.82, 2.24) is 15.0 Å². The zero-order chi connectivity index (χ0) is 26.6. The number of para-hydroxylation sites is 1. The Morgan fingerprint density at radius 2 is 1.52 bits per heavy atom. The Morgan fingerprint density at radius 3 is 2.38 bits per heavy atom. The Bertz CT molecular complexity index is 1870. The monoisotopic (exact) mass is 700 g/mol. The summed E-state index contributed by atoms with van der Waals surface area (Å²) in [7, 11) is 0. The summed E-state index contributed by atoms with van der Waals surface area (Å²) >= 11 is 0. The van der Waals surface area contributed by atoms with E-state index < -0.39 is 0 Å². The third kappa shape index (κ3) is 4.18. The van der Waals surface area contributed by atoms with Gasteiger partial charge in [-0.05, 0) is 57.8 Å². The third-order valence-corrected chi connectivity index (χ3v) is 7.56. The van der Waals surface area contributed by atoms with Crippen LogP contribution in [0, 0.1) is 6.07 Å². The first-order valence-electron chi connectivity index (χ1n) is 12.9. The SMILES string of the molecule is CC1(C)c2ccc(-c3ccc4nccc(O)c4n3)[c-]c2N(c2cc(-c3ccccc3)ccn2)c2ccccc21.[Pt]. The fraction of sp³-hybridized carbons (Fsp3) is 0.0882. The van der Waals surface area contributed by atoms with Crippen LogP contribution in [0.2, 0.25) is 0 Å². The van der Waals surface area contributed by atoms with Gasteiger partial charge in [0.2, 0.25) is 0 Å². The zero-order valence-corrected chi connectivity index (χ0v) is 24.2. The molecule has 5 nitrogen and oxygen atoms in total. The molecule has 0 radical (unpaired) electrons. The van der Waals surface area contributed by atoms with Crippen LogP contribution < -0.4 is 4.90 Å². The van der Waals surface area contributed by atoms with Crippen LogP contribution in [-0.2, 0) is 26.5 Å². The van der Waals surface area contributed by atoms with Crippen LogP contribution in [-0.4, -0.2) is 20.1 Å². The molecule has 3 aromatic carbocycles. The molecule has 1 aliphatic rings. The second-order valence-electron chi connectivity index (χ2n) is 10.3. The average Bonchev–Trinajstić information content (AvgIpc) is 2.98. The van der Waals surface area contributed by atoms with E-state index in [1.807, 2.05) is 42.6 Å². The third-order valence-electron chi connectivity index (χ3n) is 7.56. The van der Waals surface area contributed by atoms with Crippen LogP contribution in [0.1, 0.15) is 25.0 Å². The van der Waals surface area contributed by atoms with Crippen LogP contribution in [0.5, 0.6) is 5.75 Å². The number of pyridine rings is 3. The number of fused-ring (bicyclic) bond motifs is 3. The minimum atomic E-state index is -0.243. The molecule has 1 N–H and O–H groups in total. The second kappa shape index (κ2) is 10.0. The smallest absolute Gasteiger partial charge is 0.143 e. The van der Waals surface area contributed by atoms with Gasteiger partial charge >= 0.3 is 0 Å². The number of anilines is 3. The van der Waals surface area contributed by atoms with Crippen molar-refractivity contribution >= 4 is 28.2 Å². The van der Waals surface area contributed by atoms with Crippen molar-refractivity contribution in [2.24, 2.45) is 0 Å². The van der Waals surface area contributed by atoms with Gasteiger partial charge < -0.3 is 10.0 Å². The van der Waals surface area contributed by atoms with Crippen molar-refractivity contribution in [1.29, 1.82) is 0 Å².